The van der Waals surface area contributed by atoms with Crippen LogP contribution in [0.25, 0.3) is 0 Å². The highest BCUT2D eigenvalue weighted by Crippen LogP contribution is 2.57. The maximum atomic E-state index is 5.79. The minimum Gasteiger partial charge on any atom is -0.126 e. The largest absolute Gasteiger partial charge is 0.126 e. The van der Waals surface area contributed by atoms with Gasteiger partial charge in [-0.1, -0.05) is 25.1 Å². The Morgan fingerprint density at radius 1 is 1.80 bits per heavy atom. The van der Waals surface area contributed by atoms with E-state index in [0.717, 1.165) is 23.3 Å². The van der Waals surface area contributed by atoms with Crippen LogP contribution >= 0.6 is 23.2 Å². The van der Waals surface area contributed by atoms with Crippen molar-refractivity contribution < 1.29 is 0 Å². The normalized spacial score (nSPS) is 37.7. The number of rotatable bonds is 3. The van der Waals surface area contributed by atoms with Crippen molar-refractivity contribution in [2.24, 2.45) is 11.3 Å². The molecule has 2 unspecified atom stereocenters. The van der Waals surface area contributed by atoms with Crippen LogP contribution in [0.15, 0.2) is 11.6 Å². The maximum Gasteiger partial charge on any atom is 0.0286 e. The summed E-state index contributed by atoms with van der Waals surface area (Å²) in [5.41, 5.74) is 0.306. The van der Waals surface area contributed by atoms with Gasteiger partial charge in [-0.25, -0.2) is 0 Å². The van der Waals surface area contributed by atoms with Crippen molar-refractivity contribution in [3.8, 4) is 0 Å². The van der Waals surface area contributed by atoms with Gasteiger partial charge in [0.15, 0.2) is 0 Å². The highest BCUT2D eigenvalue weighted by molar-refractivity contribution is 6.29. The number of hydrogen-bond acceptors (Lipinski definition) is 0. The Bertz CT molecular complexity index is 149. The van der Waals surface area contributed by atoms with Gasteiger partial charge in [-0.3, -0.25) is 0 Å². The van der Waals surface area contributed by atoms with E-state index in [1.54, 1.807) is 0 Å². The summed E-state index contributed by atoms with van der Waals surface area (Å²) in [4.78, 5) is 0. The van der Waals surface area contributed by atoms with Gasteiger partial charge in [0.05, 0.1) is 0 Å². The summed E-state index contributed by atoms with van der Waals surface area (Å²) in [6.07, 6.45) is 2.10. The monoisotopic (exact) mass is 178 g/mol. The SMILES string of the molecule is C=C(Cl)CC1(CCl)CC1C. The lowest BCUT2D eigenvalue weighted by Gasteiger charge is -2.10. The van der Waals surface area contributed by atoms with E-state index in [0.29, 0.717) is 5.41 Å². The van der Waals surface area contributed by atoms with Gasteiger partial charge in [-0.2, -0.15) is 0 Å². The van der Waals surface area contributed by atoms with Crippen LogP contribution in [-0.2, 0) is 0 Å². The zero-order valence-corrected chi connectivity index (χ0v) is 7.67. The van der Waals surface area contributed by atoms with Crippen LogP contribution in [0.3, 0.4) is 0 Å². The summed E-state index contributed by atoms with van der Waals surface area (Å²) in [7, 11) is 0. The first kappa shape index (κ1) is 8.42. The molecule has 2 heteroatoms. The third-order valence-corrected chi connectivity index (χ3v) is 3.07. The predicted octanol–water partition coefficient (Wildman–Crippen LogP) is 3.39. The van der Waals surface area contributed by atoms with Gasteiger partial charge in [-0.15, -0.1) is 11.6 Å². The van der Waals surface area contributed by atoms with E-state index in [-0.39, 0.29) is 0 Å². The Labute approximate surface area is 72.2 Å². The van der Waals surface area contributed by atoms with Crippen molar-refractivity contribution in [2.75, 3.05) is 5.88 Å². The van der Waals surface area contributed by atoms with Gasteiger partial charge in [0.1, 0.15) is 0 Å². The van der Waals surface area contributed by atoms with E-state index in [1.165, 1.54) is 6.42 Å². The van der Waals surface area contributed by atoms with Crippen molar-refractivity contribution in [1.29, 1.82) is 0 Å². The number of hydrogen-bond donors (Lipinski definition) is 0. The van der Waals surface area contributed by atoms with Crippen LogP contribution in [0.4, 0.5) is 0 Å². The van der Waals surface area contributed by atoms with Crippen LogP contribution in [0, 0.1) is 11.3 Å². The molecule has 1 aliphatic carbocycles. The van der Waals surface area contributed by atoms with E-state index < -0.39 is 0 Å². The van der Waals surface area contributed by atoms with Gasteiger partial charge >= 0.3 is 0 Å². The number of alkyl halides is 1. The molecule has 2 atom stereocenters. The summed E-state index contributed by atoms with van der Waals surface area (Å²) in [5, 5.41) is 0.741. The minimum atomic E-state index is 0.306. The van der Waals surface area contributed by atoms with E-state index in [1.807, 2.05) is 0 Å². The predicted molar refractivity (Wildman–Crippen MR) is 46.5 cm³/mol. The molecule has 1 saturated carbocycles. The van der Waals surface area contributed by atoms with Crippen LogP contribution in [0.1, 0.15) is 19.8 Å². The molecule has 1 rings (SSSR count). The van der Waals surface area contributed by atoms with Crippen molar-refractivity contribution in [2.45, 2.75) is 19.8 Å². The molecule has 1 aliphatic rings. The van der Waals surface area contributed by atoms with Gasteiger partial charge in [0.2, 0.25) is 0 Å². The smallest absolute Gasteiger partial charge is 0.0286 e. The molecule has 0 amide bonds. The van der Waals surface area contributed by atoms with E-state index >= 15 is 0 Å². The van der Waals surface area contributed by atoms with Crippen molar-refractivity contribution >= 4 is 23.2 Å². The zero-order chi connectivity index (χ0) is 7.78. The van der Waals surface area contributed by atoms with Gasteiger partial charge in [-0.05, 0) is 24.2 Å². The Hall–Kier alpha value is 0.320. The second-order valence-electron chi connectivity index (χ2n) is 3.30. The molecule has 0 N–H and O–H groups in total. The summed E-state index contributed by atoms with van der Waals surface area (Å²) >= 11 is 11.5. The highest BCUT2D eigenvalue weighted by atomic mass is 35.5. The lowest BCUT2D eigenvalue weighted by molar-refractivity contribution is 0.533. The molecule has 0 saturated heterocycles. The number of allylic oxidation sites excluding steroid dienone is 1. The van der Waals surface area contributed by atoms with E-state index in [9.17, 15) is 0 Å². The number of halogens is 2. The third kappa shape index (κ3) is 1.49. The fourth-order valence-corrected chi connectivity index (χ4v) is 2.15. The Morgan fingerprint density at radius 2 is 2.30 bits per heavy atom. The molecular weight excluding hydrogens is 167 g/mol. The topological polar surface area (TPSA) is 0 Å². The maximum absolute atomic E-state index is 5.79. The zero-order valence-electron chi connectivity index (χ0n) is 6.16. The first-order chi connectivity index (χ1) is 4.60. The van der Waals surface area contributed by atoms with Gasteiger partial charge in [0.25, 0.3) is 0 Å². The molecule has 0 bridgehead atoms. The molecule has 0 aromatic rings. The Kier molecular flexibility index (Phi) is 2.31. The minimum absolute atomic E-state index is 0.306. The molecule has 10 heavy (non-hydrogen) atoms. The molecule has 0 aromatic carbocycles. The lowest BCUT2D eigenvalue weighted by atomic mass is 10.0. The third-order valence-electron chi connectivity index (χ3n) is 2.41. The van der Waals surface area contributed by atoms with Crippen molar-refractivity contribution in [1.82, 2.24) is 0 Å². The van der Waals surface area contributed by atoms with Gasteiger partial charge < -0.3 is 0 Å². The van der Waals surface area contributed by atoms with Gasteiger partial charge in [0, 0.05) is 10.9 Å². The quantitative estimate of drug-likeness (QED) is 0.582. The molecule has 0 aromatic heterocycles. The molecular formula is C8H12Cl2. The average molecular weight is 179 g/mol. The second-order valence-corrected chi connectivity index (χ2v) is 4.10. The second kappa shape index (κ2) is 2.75. The molecule has 1 fully saturated rings. The van der Waals surface area contributed by atoms with E-state index in [4.69, 9.17) is 23.2 Å². The van der Waals surface area contributed by atoms with Crippen molar-refractivity contribution in [3.63, 3.8) is 0 Å². The van der Waals surface area contributed by atoms with Crippen LogP contribution in [0.5, 0.6) is 0 Å². The Balaban J connectivity index is 2.45. The molecule has 0 radical (unpaired) electrons. The average Bonchev–Trinajstić information content (AvgIpc) is 2.42. The first-order valence-electron chi connectivity index (χ1n) is 3.50. The molecule has 0 heterocycles. The molecule has 0 nitrogen and oxygen atoms in total. The summed E-state index contributed by atoms with van der Waals surface area (Å²) < 4.78 is 0. The van der Waals surface area contributed by atoms with Crippen molar-refractivity contribution in [3.05, 3.63) is 11.6 Å². The standard InChI is InChI=1S/C8H12Cl2/c1-6-3-8(6,5-9)4-7(2)10/h6H,2-5H2,1H3. The summed E-state index contributed by atoms with van der Waals surface area (Å²) in [6, 6.07) is 0. The molecule has 0 spiro atoms. The fourth-order valence-electron chi connectivity index (χ4n) is 1.41. The first-order valence-corrected chi connectivity index (χ1v) is 4.41. The molecule has 58 valence electrons. The summed E-state index contributed by atoms with van der Waals surface area (Å²) in [5.74, 6) is 1.46. The molecule has 0 aliphatic heterocycles. The van der Waals surface area contributed by atoms with Crippen LogP contribution in [-0.4, -0.2) is 5.88 Å². The van der Waals surface area contributed by atoms with Crippen LogP contribution < -0.4 is 0 Å². The Morgan fingerprint density at radius 3 is 2.40 bits per heavy atom. The highest BCUT2D eigenvalue weighted by Gasteiger charge is 2.49. The fraction of sp³-hybridized carbons (Fsp3) is 0.750. The lowest BCUT2D eigenvalue weighted by Crippen LogP contribution is -2.04. The van der Waals surface area contributed by atoms with E-state index in [2.05, 4.69) is 13.5 Å². The summed E-state index contributed by atoms with van der Waals surface area (Å²) in [6.45, 7) is 5.88. The van der Waals surface area contributed by atoms with Crippen LogP contribution in [0.2, 0.25) is 0 Å².